The molecule has 1 aromatic rings. The van der Waals surface area contributed by atoms with Gasteiger partial charge in [-0.1, -0.05) is 31.0 Å². The molecule has 0 aromatic heterocycles. The standard InChI is InChI=1S/C18H29N3OS.HI/c1-2-22-14-8-13-20-17(19)21-15-18(11-6-7-12-18)23-16-9-4-3-5-10-16;/h3-5,9-10H,2,6-8,11-15H2,1H3,(H3,19,20,21);1H. The third-order valence-electron chi connectivity index (χ3n) is 4.11. The van der Waals surface area contributed by atoms with Crippen LogP contribution in [0.3, 0.4) is 0 Å². The molecule has 4 nitrogen and oxygen atoms in total. The number of ether oxygens (including phenoxy) is 1. The van der Waals surface area contributed by atoms with E-state index in [0.29, 0.717) is 5.96 Å². The van der Waals surface area contributed by atoms with Crippen LogP contribution >= 0.6 is 35.7 Å². The van der Waals surface area contributed by atoms with E-state index < -0.39 is 0 Å². The van der Waals surface area contributed by atoms with Crippen molar-refractivity contribution in [1.82, 2.24) is 5.32 Å². The van der Waals surface area contributed by atoms with Crippen LogP contribution in [-0.2, 0) is 4.74 Å². The van der Waals surface area contributed by atoms with Crippen LogP contribution in [0.4, 0.5) is 0 Å². The Kier molecular flexibility index (Phi) is 10.8. The molecule has 0 saturated heterocycles. The Hall–Kier alpha value is -0.470. The van der Waals surface area contributed by atoms with E-state index in [9.17, 15) is 0 Å². The Bertz CT molecular complexity index is 478. The molecule has 24 heavy (non-hydrogen) atoms. The highest BCUT2D eigenvalue weighted by atomic mass is 127. The van der Waals surface area contributed by atoms with Crippen molar-refractivity contribution in [2.75, 3.05) is 26.3 Å². The Morgan fingerprint density at radius 1 is 1.29 bits per heavy atom. The summed E-state index contributed by atoms with van der Waals surface area (Å²) in [6, 6.07) is 10.6. The van der Waals surface area contributed by atoms with Gasteiger partial charge in [0.15, 0.2) is 5.96 Å². The zero-order valence-corrected chi connectivity index (χ0v) is 17.6. The second-order valence-electron chi connectivity index (χ2n) is 5.98. The highest BCUT2D eigenvalue weighted by molar-refractivity contribution is 14.0. The van der Waals surface area contributed by atoms with Crippen molar-refractivity contribution in [3.05, 3.63) is 30.3 Å². The lowest BCUT2D eigenvalue weighted by Crippen LogP contribution is -2.35. The van der Waals surface area contributed by atoms with E-state index in [-0.39, 0.29) is 28.7 Å². The van der Waals surface area contributed by atoms with Gasteiger partial charge in [-0.3, -0.25) is 4.99 Å². The van der Waals surface area contributed by atoms with Gasteiger partial charge in [-0.05, 0) is 38.3 Å². The maximum Gasteiger partial charge on any atom is 0.188 e. The van der Waals surface area contributed by atoms with Crippen LogP contribution in [0.5, 0.6) is 0 Å². The number of aliphatic imine (C=N–C) groups is 1. The number of guanidine groups is 1. The molecule has 0 aliphatic heterocycles. The minimum atomic E-state index is 0. The number of rotatable bonds is 9. The summed E-state index contributed by atoms with van der Waals surface area (Å²) in [5.74, 6) is 0.557. The van der Waals surface area contributed by atoms with Crippen LogP contribution in [0, 0.1) is 0 Å². The molecule has 1 fully saturated rings. The zero-order chi connectivity index (χ0) is 16.4. The summed E-state index contributed by atoms with van der Waals surface area (Å²) < 4.78 is 5.52. The van der Waals surface area contributed by atoms with Crippen LogP contribution in [0.1, 0.15) is 39.0 Å². The van der Waals surface area contributed by atoms with Crippen LogP contribution in [0.15, 0.2) is 40.2 Å². The molecule has 0 amide bonds. The third kappa shape index (κ3) is 7.61. The molecule has 6 heteroatoms. The van der Waals surface area contributed by atoms with Crippen molar-refractivity contribution in [3.63, 3.8) is 0 Å². The number of hydrogen-bond donors (Lipinski definition) is 2. The summed E-state index contributed by atoms with van der Waals surface area (Å²) >= 11 is 1.97. The molecule has 136 valence electrons. The Morgan fingerprint density at radius 3 is 2.67 bits per heavy atom. The van der Waals surface area contributed by atoms with Crippen molar-refractivity contribution in [3.8, 4) is 0 Å². The SMILES string of the molecule is CCOCCCNC(N)=NCC1(Sc2ccccc2)CCCC1.I. The number of nitrogens with zero attached hydrogens (tertiary/aromatic N) is 1. The molecule has 2 rings (SSSR count). The number of nitrogens with one attached hydrogen (secondary N) is 1. The predicted molar refractivity (Wildman–Crippen MR) is 115 cm³/mol. The van der Waals surface area contributed by atoms with Crippen molar-refractivity contribution in [1.29, 1.82) is 0 Å². The van der Waals surface area contributed by atoms with E-state index in [0.717, 1.165) is 32.7 Å². The van der Waals surface area contributed by atoms with E-state index in [1.54, 1.807) is 0 Å². The minimum Gasteiger partial charge on any atom is -0.382 e. The van der Waals surface area contributed by atoms with Gasteiger partial charge < -0.3 is 15.8 Å². The molecule has 0 heterocycles. The van der Waals surface area contributed by atoms with Crippen molar-refractivity contribution in [2.45, 2.75) is 48.7 Å². The minimum absolute atomic E-state index is 0. The Morgan fingerprint density at radius 2 is 2.00 bits per heavy atom. The maximum atomic E-state index is 6.01. The van der Waals surface area contributed by atoms with E-state index >= 15 is 0 Å². The molecule has 0 atom stereocenters. The van der Waals surface area contributed by atoms with E-state index in [4.69, 9.17) is 10.5 Å². The molecule has 0 unspecified atom stereocenters. The predicted octanol–water partition coefficient (Wildman–Crippen LogP) is 4.04. The monoisotopic (exact) mass is 463 g/mol. The van der Waals surface area contributed by atoms with Gasteiger partial charge in [0.1, 0.15) is 0 Å². The summed E-state index contributed by atoms with van der Waals surface area (Å²) in [6.07, 6.45) is 5.96. The van der Waals surface area contributed by atoms with Gasteiger partial charge in [0, 0.05) is 29.4 Å². The lowest BCUT2D eigenvalue weighted by Gasteiger charge is -2.26. The Balaban J connectivity index is 0.00000288. The number of halogens is 1. The van der Waals surface area contributed by atoms with Crippen molar-refractivity contribution in [2.24, 2.45) is 10.7 Å². The molecule has 1 aliphatic rings. The van der Waals surface area contributed by atoms with Gasteiger partial charge in [0.05, 0.1) is 6.54 Å². The molecule has 0 spiro atoms. The van der Waals surface area contributed by atoms with Gasteiger partial charge in [0.2, 0.25) is 0 Å². The molecule has 0 bridgehead atoms. The topological polar surface area (TPSA) is 59.6 Å². The normalized spacial score (nSPS) is 16.6. The summed E-state index contributed by atoms with van der Waals surface area (Å²) in [6.45, 7) is 5.15. The molecule has 1 saturated carbocycles. The number of thioether (sulfide) groups is 1. The fourth-order valence-electron chi connectivity index (χ4n) is 2.87. The van der Waals surface area contributed by atoms with Crippen LogP contribution in [0.2, 0.25) is 0 Å². The number of hydrogen-bond acceptors (Lipinski definition) is 3. The fraction of sp³-hybridized carbons (Fsp3) is 0.611. The highest BCUT2D eigenvalue weighted by Gasteiger charge is 2.34. The van der Waals surface area contributed by atoms with Crippen molar-refractivity contribution >= 4 is 41.7 Å². The van der Waals surface area contributed by atoms with Gasteiger partial charge in [0.25, 0.3) is 0 Å². The lowest BCUT2D eigenvalue weighted by molar-refractivity contribution is 0.145. The molecule has 0 radical (unpaired) electrons. The molecule has 3 N–H and O–H groups in total. The van der Waals surface area contributed by atoms with Crippen LogP contribution in [0.25, 0.3) is 0 Å². The average Bonchev–Trinajstić information content (AvgIpc) is 3.02. The quantitative estimate of drug-likeness (QED) is 0.251. The number of nitrogens with two attached hydrogens (primary N) is 1. The van der Waals surface area contributed by atoms with E-state index in [1.807, 2.05) is 18.7 Å². The lowest BCUT2D eigenvalue weighted by atomic mass is 10.1. The Labute approximate surface area is 167 Å². The second kappa shape index (κ2) is 12.0. The first-order valence-electron chi connectivity index (χ1n) is 8.60. The second-order valence-corrected chi connectivity index (χ2v) is 7.53. The van der Waals surface area contributed by atoms with E-state index in [1.165, 1.54) is 30.6 Å². The fourth-order valence-corrected chi connectivity index (χ4v) is 4.29. The summed E-state index contributed by atoms with van der Waals surface area (Å²) in [4.78, 5) is 5.94. The third-order valence-corrected chi connectivity index (χ3v) is 5.58. The molecule has 1 aliphatic carbocycles. The van der Waals surface area contributed by atoms with Gasteiger partial charge in [-0.15, -0.1) is 35.7 Å². The van der Waals surface area contributed by atoms with Crippen molar-refractivity contribution < 1.29 is 4.74 Å². The van der Waals surface area contributed by atoms with Gasteiger partial charge in [-0.2, -0.15) is 0 Å². The average molecular weight is 463 g/mol. The highest BCUT2D eigenvalue weighted by Crippen LogP contribution is 2.45. The zero-order valence-electron chi connectivity index (χ0n) is 14.5. The van der Waals surface area contributed by atoms with Crippen LogP contribution < -0.4 is 11.1 Å². The summed E-state index contributed by atoms with van der Waals surface area (Å²) in [7, 11) is 0. The van der Waals surface area contributed by atoms with Gasteiger partial charge >= 0.3 is 0 Å². The summed E-state index contributed by atoms with van der Waals surface area (Å²) in [5, 5.41) is 3.19. The largest absolute Gasteiger partial charge is 0.382 e. The molecular formula is C18H30IN3OS. The van der Waals surface area contributed by atoms with E-state index in [2.05, 4.69) is 40.6 Å². The first-order chi connectivity index (χ1) is 11.2. The smallest absolute Gasteiger partial charge is 0.188 e. The maximum absolute atomic E-state index is 6.01. The first kappa shape index (κ1) is 21.6. The molecular weight excluding hydrogens is 433 g/mol. The van der Waals surface area contributed by atoms with Gasteiger partial charge in [-0.25, -0.2) is 0 Å². The van der Waals surface area contributed by atoms with Crippen LogP contribution in [-0.4, -0.2) is 37.0 Å². The summed E-state index contributed by atoms with van der Waals surface area (Å²) in [5.41, 5.74) is 6.01. The first-order valence-corrected chi connectivity index (χ1v) is 9.41. The molecule has 1 aromatic carbocycles. The number of benzene rings is 1.